The Morgan fingerprint density at radius 2 is 2.06 bits per heavy atom. The fraction of sp³-hybridized carbons (Fsp3) is 0.0833. The summed E-state index contributed by atoms with van der Waals surface area (Å²) in [6.07, 6.45) is 1.38. The van der Waals surface area contributed by atoms with Crippen LogP contribution >= 0.6 is 11.6 Å². The summed E-state index contributed by atoms with van der Waals surface area (Å²) in [6, 6.07) is 8.60. The van der Waals surface area contributed by atoms with Crippen molar-refractivity contribution in [3.05, 3.63) is 41.6 Å². The van der Waals surface area contributed by atoms with Gasteiger partial charge in [-0.1, -0.05) is 11.6 Å². The molecule has 0 saturated carbocycles. The number of pyridine rings is 1. The summed E-state index contributed by atoms with van der Waals surface area (Å²) < 4.78 is 5.22. The number of hydrogen-bond acceptors (Lipinski definition) is 3. The number of ether oxygens (including phenoxy) is 1. The summed E-state index contributed by atoms with van der Waals surface area (Å²) in [5.41, 5.74) is 1.51. The fourth-order valence-corrected chi connectivity index (χ4v) is 1.60. The molecular weight excluding hydrogens is 226 g/mol. The predicted octanol–water partition coefficient (Wildman–Crippen LogP) is 3.12. The summed E-state index contributed by atoms with van der Waals surface area (Å²) in [6.45, 7) is 0. The van der Waals surface area contributed by atoms with Crippen molar-refractivity contribution in [2.45, 2.75) is 0 Å². The van der Waals surface area contributed by atoms with Crippen LogP contribution < -0.4 is 4.74 Å². The van der Waals surface area contributed by atoms with Gasteiger partial charge in [-0.3, -0.25) is 4.98 Å². The highest BCUT2D eigenvalue weighted by Crippen LogP contribution is 2.31. The van der Waals surface area contributed by atoms with E-state index in [9.17, 15) is 0 Å². The molecule has 0 saturated heterocycles. The second-order valence-corrected chi connectivity index (χ2v) is 3.68. The fourth-order valence-electron chi connectivity index (χ4n) is 1.43. The molecule has 1 aromatic heterocycles. The minimum Gasteiger partial charge on any atom is -0.506 e. The molecule has 0 aliphatic carbocycles. The molecule has 0 aliphatic heterocycles. The molecular formula is C12H10ClNO2. The Kier molecular flexibility index (Phi) is 2.97. The van der Waals surface area contributed by atoms with E-state index >= 15 is 0 Å². The molecule has 1 N–H and O–H groups in total. The Labute approximate surface area is 98.3 Å². The first-order valence-corrected chi connectivity index (χ1v) is 5.07. The monoisotopic (exact) mass is 235 g/mol. The van der Waals surface area contributed by atoms with E-state index in [1.165, 1.54) is 6.20 Å². The quantitative estimate of drug-likeness (QED) is 0.870. The van der Waals surface area contributed by atoms with Crippen LogP contribution in [-0.4, -0.2) is 17.2 Å². The molecule has 3 nitrogen and oxygen atoms in total. The third kappa shape index (κ3) is 2.09. The molecule has 0 radical (unpaired) electrons. The Hall–Kier alpha value is -1.74. The van der Waals surface area contributed by atoms with Gasteiger partial charge in [-0.05, 0) is 30.3 Å². The third-order valence-corrected chi connectivity index (χ3v) is 2.42. The van der Waals surface area contributed by atoms with Gasteiger partial charge >= 0.3 is 0 Å². The molecule has 0 atom stereocenters. The van der Waals surface area contributed by atoms with Gasteiger partial charge in [-0.25, -0.2) is 0 Å². The molecule has 0 aliphatic rings. The van der Waals surface area contributed by atoms with Crippen molar-refractivity contribution < 1.29 is 9.84 Å². The van der Waals surface area contributed by atoms with Crippen molar-refractivity contribution in [3.8, 4) is 22.8 Å². The van der Waals surface area contributed by atoms with E-state index in [4.69, 9.17) is 21.4 Å². The number of benzene rings is 1. The summed E-state index contributed by atoms with van der Waals surface area (Å²) in [5, 5.41) is 9.78. The van der Waals surface area contributed by atoms with Gasteiger partial charge in [0.15, 0.2) is 0 Å². The topological polar surface area (TPSA) is 42.4 Å². The van der Waals surface area contributed by atoms with Crippen LogP contribution in [0.4, 0.5) is 0 Å². The number of nitrogens with zero attached hydrogens (tertiary/aromatic N) is 1. The van der Waals surface area contributed by atoms with Crippen molar-refractivity contribution in [1.29, 1.82) is 0 Å². The maximum atomic E-state index is 9.16. The Bertz CT molecular complexity index is 497. The molecule has 2 rings (SSSR count). The number of methoxy groups -OCH3 is 1. The molecule has 82 valence electrons. The average molecular weight is 236 g/mol. The maximum absolute atomic E-state index is 9.16. The van der Waals surface area contributed by atoms with Gasteiger partial charge in [0.2, 0.25) is 0 Å². The summed E-state index contributed by atoms with van der Waals surface area (Å²) >= 11 is 5.92. The van der Waals surface area contributed by atoms with Crippen LogP contribution in [0.2, 0.25) is 5.02 Å². The first kappa shape index (κ1) is 10.8. The van der Waals surface area contributed by atoms with Crippen LogP contribution in [0.25, 0.3) is 11.3 Å². The van der Waals surface area contributed by atoms with Crippen LogP contribution in [0.3, 0.4) is 0 Å². The van der Waals surface area contributed by atoms with Gasteiger partial charge in [0.05, 0.1) is 19.0 Å². The number of aromatic hydroxyl groups is 1. The summed E-state index contributed by atoms with van der Waals surface area (Å²) in [5.74, 6) is 0.826. The number of aromatic nitrogens is 1. The molecule has 0 amide bonds. The largest absolute Gasteiger partial charge is 0.506 e. The van der Waals surface area contributed by atoms with Crippen LogP contribution in [0.1, 0.15) is 0 Å². The van der Waals surface area contributed by atoms with E-state index in [1.54, 1.807) is 37.4 Å². The van der Waals surface area contributed by atoms with Gasteiger partial charge in [0.1, 0.15) is 11.5 Å². The summed E-state index contributed by atoms with van der Waals surface area (Å²) in [7, 11) is 1.59. The standard InChI is InChI=1S/C12H10ClNO2/c1-16-12-5-2-8(13)6-10(12)11-4-3-9(15)7-14-11/h2-7,15H,1H3. The maximum Gasteiger partial charge on any atom is 0.133 e. The lowest BCUT2D eigenvalue weighted by molar-refractivity contribution is 0.416. The lowest BCUT2D eigenvalue weighted by Gasteiger charge is -2.08. The van der Waals surface area contributed by atoms with Gasteiger partial charge in [0, 0.05) is 10.6 Å². The van der Waals surface area contributed by atoms with Crippen LogP contribution in [-0.2, 0) is 0 Å². The average Bonchev–Trinajstić information content (AvgIpc) is 2.30. The highest BCUT2D eigenvalue weighted by Gasteiger charge is 2.07. The Morgan fingerprint density at radius 1 is 1.25 bits per heavy atom. The molecule has 0 bridgehead atoms. The van der Waals surface area contributed by atoms with Crippen LogP contribution in [0.5, 0.6) is 11.5 Å². The van der Waals surface area contributed by atoms with E-state index < -0.39 is 0 Å². The number of rotatable bonds is 2. The predicted molar refractivity (Wildman–Crippen MR) is 62.9 cm³/mol. The molecule has 0 spiro atoms. The van der Waals surface area contributed by atoms with Gasteiger partial charge in [-0.15, -0.1) is 0 Å². The van der Waals surface area contributed by atoms with E-state index in [1.807, 2.05) is 0 Å². The zero-order chi connectivity index (χ0) is 11.5. The number of halogens is 1. The van der Waals surface area contributed by atoms with Crippen molar-refractivity contribution in [1.82, 2.24) is 4.98 Å². The zero-order valence-electron chi connectivity index (χ0n) is 8.64. The molecule has 1 heterocycles. The minimum absolute atomic E-state index is 0.129. The van der Waals surface area contributed by atoms with E-state index in [0.717, 1.165) is 5.56 Å². The molecule has 2 aromatic rings. The van der Waals surface area contributed by atoms with E-state index in [2.05, 4.69) is 4.98 Å². The first-order chi connectivity index (χ1) is 7.70. The smallest absolute Gasteiger partial charge is 0.133 e. The van der Waals surface area contributed by atoms with Gasteiger partial charge in [0.25, 0.3) is 0 Å². The SMILES string of the molecule is COc1ccc(Cl)cc1-c1ccc(O)cn1. The van der Waals surface area contributed by atoms with Crippen molar-refractivity contribution in [3.63, 3.8) is 0 Å². The molecule has 1 aromatic carbocycles. The van der Waals surface area contributed by atoms with Crippen molar-refractivity contribution >= 4 is 11.6 Å². The van der Waals surface area contributed by atoms with E-state index in [0.29, 0.717) is 16.5 Å². The zero-order valence-corrected chi connectivity index (χ0v) is 9.40. The third-order valence-electron chi connectivity index (χ3n) is 2.19. The lowest BCUT2D eigenvalue weighted by Crippen LogP contribution is -1.89. The minimum atomic E-state index is 0.129. The molecule has 16 heavy (non-hydrogen) atoms. The lowest BCUT2D eigenvalue weighted by atomic mass is 10.1. The van der Waals surface area contributed by atoms with E-state index in [-0.39, 0.29) is 5.75 Å². The first-order valence-electron chi connectivity index (χ1n) is 4.69. The molecule has 0 fully saturated rings. The van der Waals surface area contributed by atoms with Crippen LogP contribution in [0, 0.1) is 0 Å². The number of hydrogen-bond donors (Lipinski definition) is 1. The second-order valence-electron chi connectivity index (χ2n) is 3.25. The van der Waals surface area contributed by atoms with Crippen molar-refractivity contribution in [2.75, 3.05) is 7.11 Å². The molecule has 4 heteroatoms. The summed E-state index contributed by atoms with van der Waals surface area (Å²) in [4.78, 5) is 4.11. The normalized spacial score (nSPS) is 10.1. The second kappa shape index (κ2) is 4.41. The van der Waals surface area contributed by atoms with Crippen LogP contribution in [0.15, 0.2) is 36.5 Å². The van der Waals surface area contributed by atoms with Gasteiger partial charge < -0.3 is 9.84 Å². The molecule has 0 unspecified atom stereocenters. The Morgan fingerprint density at radius 3 is 2.69 bits per heavy atom. The highest BCUT2D eigenvalue weighted by molar-refractivity contribution is 6.30. The highest BCUT2D eigenvalue weighted by atomic mass is 35.5. The van der Waals surface area contributed by atoms with Gasteiger partial charge in [-0.2, -0.15) is 0 Å². The van der Waals surface area contributed by atoms with Crippen molar-refractivity contribution in [2.24, 2.45) is 0 Å². The Balaban J connectivity index is 2.53.